The van der Waals surface area contributed by atoms with Crippen LogP contribution in [-0.2, 0) is 15.6 Å². The molecule has 0 unspecified atom stereocenters. The van der Waals surface area contributed by atoms with Gasteiger partial charge in [0.05, 0.1) is 34.9 Å². The van der Waals surface area contributed by atoms with Gasteiger partial charge in [-0.3, -0.25) is 4.98 Å². The maximum atomic E-state index is 11.5. The van der Waals surface area contributed by atoms with Crippen LogP contribution in [-0.4, -0.2) is 29.6 Å². The molecule has 1 aromatic carbocycles. The monoisotopic (exact) mass is 347 g/mol. The second-order valence-corrected chi connectivity index (χ2v) is 7.76. The number of rotatable bonds is 5. The maximum absolute atomic E-state index is 11.5. The molecule has 2 heterocycles. The first-order valence-electron chi connectivity index (χ1n) is 6.66. The summed E-state index contributed by atoms with van der Waals surface area (Å²) in [7, 11) is -3.20. The Morgan fingerprint density at radius 2 is 1.96 bits per heavy atom. The lowest BCUT2D eigenvalue weighted by Crippen LogP contribution is -1.96. The van der Waals surface area contributed by atoms with Gasteiger partial charge in [-0.15, -0.1) is 0 Å². The lowest BCUT2D eigenvalue weighted by atomic mass is 10.2. The zero-order valence-corrected chi connectivity index (χ0v) is 13.8. The third-order valence-corrected chi connectivity index (χ3v) is 5.03. The summed E-state index contributed by atoms with van der Waals surface area (Å²) in [5.74, 6) is 1.19. The number of benzene rings is 1. The molecule has 0 aliphatic heterocycles. The van der Waals surface area contributed by atoms with Crippen molar-refractivity contribution in [1.29, 1.82) is 0 Å². The summed E-state index contributed by atoms with van der Waals surface area (Å²) >= 11 is 1.47. The van der Waals surface area contributed by atoms with Gasteiger partial charge >= 0.3 is 0 Å². The number of hydrogen-bond donors (Lipinski definition) is 0. The van der Waals surface area contributed by atoms with Crippen molar-refractivity contribution in [3.8, 4) is 11.3 Å². The van der Waals surface area contributed by atoms with Gasteiger partial charge in [-0.1, -0.05) is 23.9 Å². The molecule has 2 aromatic heterocycles. The Bertz CT molecular complexity index is 892. The van der Waals surface area contributed by atoms with Crippen LogP contribution in [0.2, 0.25) is 0 Å². The molecular formula is C15H13N3O3S2. The standard InChI is InChI=1S/C15H13N3O3S2/c1-23(19,20)12-4-2-11(3-5-12)13-8-16-9-15(18-13)22-10-14-17-6-7-21-14/h2-9H,10H2,1H3. The van der Waals surface area contributed by atoms with E-state index in [0.717, 1.165) is 10.6 Å². The van der Waals surface area contributed by atoms with E-state index in [2.05, 4.69) is 15.0 Å². The first-order valence-corrected chi connectivity index (χ1v) is 9.54. The summed E-state index contributed by atoms with van der Waals surface area (Å²) in [6, 6.07) is 6.59. The first kappa shape index (κ1) is 15.7. The highest BCUT2D eigenvalue weighted by atomic mass is 32.2. The van der Waals surface area contributed by atoms with Crippen molar-refractivity contribution in [2.24, 2.45) is 0 Å². The minimum Gasteiger partial charge on any atom is -0.448 e. The molecule has 0 aliphatic carbocycles. The Labute approximate surface area is 137 Å². The number of aromatic nitrogens is 3. The second-order valence-electron chi connectivity index (χ2n) is 4.75. The molecule has 118 valence electrons. The summed E-state index contributed by atoms with van der Waals surface area (Å²) in [5.41, 5.74) is 1.49. The van der Waals surface area contributed by atoms with Crippen LogP contribution in [0.5, 0.6) is 0 Å². The number of thioether (sulfide) groups is 1. The van der Waals surface area contributed by atoms with Crippen molar-refractivity contribution in [3.05, 3.63) is 55.0 Å². The van der Waals surface area contributed by atoms with Crippen LogP contribution in [0, 0.1) is 0 Å². The predicted molar refractivity (Wildman–Crippen MR) is 86.6 cm³/mol. The number of nitrogens with zero attached hydrogens (tertiary/aromatic N) is 3. The van der Waals surface area contributed by atoms with Crippen molar-refractivity contribution in [1.82, 2.24) is 15.0 Å². The first-order chi connectivity index (χ1) is 11.0. The Hall–Kier alpha value is -2.19. The smallest absolute Gasteiger partial charge is 0.204 e. The third-order valence-electron chi connectivity index (χ3n) is 3.02. The van der Waals surface area contributed by atoms with E-state index >= 15 is 0 Å². The van der Waals surface area contributed by atoms with E-state index in [0.29, 0.717) is 17.3 Å². The Balaban J connectivity index is 1.79. The van der Waals surface area contributed by atoms with Crippen molar-refractivity contribution in [2.45, 2.75) is 15.7 Å². The van der Waals surface area contributed by atoms with E-state index in [1.54, 1.807) is 42.9 Å². The summed E-state index contributed by atoms with van der Waals surface area (Å²) in [5, 5.41) is 0.743. The minimum absolute atomic E-state index is 0.281. The highest BCUT2D eigenvalue weighted by molar-refractivity contribution is 7.98. The molecule has 3 aromatic rings. The minimum atomic E-state index is -3.20. The molecular weight excluding hydrogens is 334 g/mol. The highest BCUT2D eigenvalue weighted by Crippen LogP contribution is 2.24. The van der Waals surface area contributed by atoms with Gasteiger partial charge in [0, 0.05) is 11.8 Å². The fourth-order valence-electron chi connectivity index (χ4n) is 1.89. The molecule has 0 aliphatic rings. The van der Waals surface area contributed by atoms with Crippen molar-refractivity contribution >= 4 is 21.6 Å². The molecule has 0 radical (unpaired) electrons. The van der Waals surface area contributed by atoms with Gasteiger partial charge in [0.25, 0.3) is 0 Å². The zero-order chi connectivity index (χ0) is 16.3. The molecule has 3 rings (SSSR count). The average Bonchev–Trinajstić information content (AvgIpc) is 3.06. The van der Waals surface area contributed by atoms with E-state index in [1.165, 1.54) is 24.3 Å². The lowest BCUT2D eigenvalue weighted by molar-refractivity contribution is 0.517. The number of oxazole rings is 1. The number of hydrogen-bond acceptors (Lipinski definition) is 7. The quantitative estimate of drug-likeness (QED) is 0.656. The summed E-state index contributed by atoms with van der Waals surface area (Å²) in [6.07, 6.45) is 7.62. The molecule has 0 saturated carbocycles. The molecule has 0 N–H and O–H groups in total. The van der Waals surface area contributed by atoms with Gasteiger partial charge in [0.1, 0.15) is 11.3 Å². The second kappa shape index (κ2) is 6.51. The molecule has 6 nitrogen and oxygen atoms in total. The van der Waals surface area contributed by atoms with Crippen molar-refractivity contribution in [3.63, 3.8) is 0 Å². The van der Waals surface area contributed by atoms with E-state index in [4.69, 9.17) is 4.42 Å². The third kappa shape index (κ3) is 3.96. The van der Waals surface area contributed by atoms with E-state index in [9.17, 15) is 8.42 Å². The van der Waals surface area contributed by atoms with Crippen LogP contribution < -0.4 is 0 Å². The fourth-order valence-corrected chi connectivity index (χ4v) is 3.23. The zero-order valence-electron chi connectivity index (χ0n) is 12.2. The van der Waals surface area contributed by atoms with Crippen molar-refractivity contribution < 1.29 is 12.8 Å². The number of sulfone groups is 1. The lowest BCUT2D eigenvalue weighted by Gasteiger charge is -2.04. The summed E-state index contributed by atoms with van der Waals surface area (Å²) < 4.78 is 28.2. The molecule has 0 saturated heterocycles. The van der Waals surface area contributed by atoms with Crippen LogP contribution in [0.4, 0.5) is 0 Å². The Morgan fingerprint density at radius 3 is 2.61 bits per heavy atom. The van der Waals surface area contributed by atoms with Crippen molar-refractivity contribution in [2.75, 3.05) is 6.26 Å². The van der Waals surface area contributed by atoms with Crippen LogP contribution in [0.1, 0.15) is 5.89 Å². The maximum Gasteiger partial charge on any atom is 0.204 e. The SMILES string of the molecule is CS(=O)(=O)c1ccc(-c2cncc(SCc3ncco3)n2)cc1. The van der Waals surface area contributed by atoms with Gasteiger partial charge < -0.3 is 4.42 Å². The largest absolute Gasteiger partial charge is 0.448 e. The van der Waals surface area contributed by atoms with Crippen LogP contribution in [0.3, 0.4) is 0 Å². The molecule has 0 atom stereocenters. The van der Waals surface area contributed by atoms with Crippen LogP contribution >= 0.6 is 11.8 Å². The molecule has 8 heteroatoms. The summed E-state index contributed by atoms with van der Waals surface area (Å²) in [6.45, 7) is 0. The van der Waals surface area contributed by atoms with Crippen LogP contribution in [0.15, 0.2) is 63.5 Å². The summed E-state index contributed by atoms with van der Waals surface area (Å²) in [4.78, 5) is 13.0. The molecule has 0 spiro atoms. The molecule has 0 fully saturated rings. The molecule has 23 heavy (non-hydrogen) atoms. The Morgan fingerprint density at radius 1 is 1.17 bits per heavy atom. The normalized spacial score (nSPS) is 11.5. The average molecular weight is 347 g/mol. The Kier molecular flexibility index (Phi) is 4.44. The van der Waals surface area contributed by atoms with E-state index in [1.807, 2.05) is 0 Å². The van der Waals surface area contributed by atoms with Gasteiger partial charge in [0.2, 0.25) is 5.89 Å². The fraction of sp³-hybridized carbons (Fsp3) is 0.133. The van der Waals surface area contributed by atoms with Gasteiger partial charge in [-0.05, 0) is 12.1 Å². The van der Waals surface area contributed by atoms with Gasteiger partial charge in [-0.2, -0.15) is 0 Å². The molecule has 0 amide bonds. The predicted octanol–water partition coefficient (Wildman–Crippen LogP) is 2.83. The van der Waals surface area contributed by atoms with E-state index in [-0.39, 0.29) is 4.90 Å². The highest BCUT2D eigenvalue weighted by Gasteiger charge is 2.08. The molecule has 0 bridgehead atoms. The van der Waals surface area contributed by atoms with E-state index < -0.39 is 9.84 Å². The van der Waals surface area contributed by atoms with Gasteiger partial charge in [0.15, 0.2) is 9.84 Å². The topological polar surface area (TPSA) is 86.0 Å². The van der Waals surface area contributed by atoms with Gasteiger partial charge in [-0.25, -0.2) is 18.4 Å². The van der Waals surface area contributed by atoms with Crippen LogP contribution in [0.25, 0.3) is 11.3 Å².